The standard InChI is InChI=1S/C17H32N2O3/c1-15(2)22-14-17-4-3-5-19(17)13-16(12-17)21-11-8-18-6-9-20-10-7-18/h15-16H,3-14H2,1-2H3/t16-,17?/m1/s1. The van der Waals surface area contributed by atoms with Gasteiger partial charge in [0.1, 0.15) is 0 Å². The summed E-state index contributed by atoms with van der Waals surface area (Å²) in [6, 6.07) is 0. The number of fused-ring (bicyclic) bond motifs is 1. The quantitative estimate of drug-likeness (QED) is 0.709. The maximum Gasteiger partial charge on any atom is 0.0721 e. The average molecular weight is 312 g/mol. The molecule has 3 heterocycles. The molecule has 0 amide bonds. The zero-order valence-electron chi connectivity index (χ0n) is 14.3. The lowest BCUT2D eigenvalue weighted by atomic mass is 9.94. The first kappa shape index (κ1) is 16.7. The summed E-state index contributed by atoms with van der Waals surface area (Å²) in [4.78, 5) is 5.06. The first-order valence-corrected chi connectivity index (χ1v) is 8.96. The van der Waals surface area contributed by atoms with Gasteiger partial charge < -0.3 is 14.2 Å². The molecule has 0 aromatic rings. The molecule has 5 nitrogen and oxygen atoms in total. The smallest absolute Gasteiger partial charge is 0.0721 e. The fraction of sp³-hybridized carbons (Fsp3) is 1.00. The Labute approximate surface area is 134 Å². The number of nitrogens with zero attached hydrogens (tertiary/aromatic N) is 2. The lowest BCUT2D eigenvalue weighted by molar-refractivity contribution is -0.00428. The van der Waals surface area contributed by atoms with Crippen molar-refractivity contribution in [2.24, 2.45) is 0 Å². The molecule has 3 rings (SSSR count). The number of rotatable bonds is 7. The monoisotopic (exact) mass is 312 g/mol. The Morgan fingerprint density at radius 2 is 2.05 bits per heavy atom. The molecule has 0 aliphatic carbocycles. The van der Waals surface area contributed by atoms with Crippen LogP contribution in [0.5, 0.6) is 0 Å². The van der Waals surface area contributed by atoms with Gasteiger partial charge in [-0.1, -0.05) is 0 Å². The van der Waals surface area contributed by atoms with E-state index in [0.717, 1.165) is 59.0 Å². The van der Waals surface area contributed by atoms with Gasteiger partial charge in [-0.2, -0.15) is 0 Å². The molecule has 3 saturated heterocycles. The van der Waals surface area contributed by atoms with Crippen LogP contribution in [0.4, 0.5) is 0 Å². The van der Waals surface area contributed by atoms with Gasteiger partial charge in [0, 0.05) is 31.7 Å². The summed E-state index contributed by atoms with van der Waals surface area (Å²) in [5, 5.41) is 0. The first-order chi connectivity index (χ1) is 10.7. The minimum absolute atomic E-state index is 0.258. The van der Waals surface area contributed by atoms with Crippen LogP contribution in [0.2, 0.25) is 0 Å². The molecule has 0 bridgehead atoms. The van der Waals surface area contributed by atoms with Crippen molar-refractivity contribution in [2.45, 2.75) is 50.9 Å². The van der Waals surface area contributed by atoms with Gasteiger partial charge in [0.05, 0.1) is 38.6 Å². The van der Waals surface area contributed by atoms with Crippen molar-refractivity contribution in [1.29, 1.82) is 0 Å². The van der Waals surface area contributed by atoms with Crippen molar-refractivity contribution < 1.29 is 14.2 Å². The molecule has 1 unspecified atom stereocenters. The Bertz CT molecular complexity index is 347. The summed E-state index contributed by atoms with van der Waals surface area (Å²) in [6.45, 7) is 13.1. The van der Waals surface area contributed by atoms with Crippen LogP contribution in [0.15, 0.2) is 0 Å². The van der Waals surface area contributed by atoms with E-state index in [9.17, 15) is 0 Å². The molecule has 0 aromatic carbocycles. The van der Waals surface area contributed by atoms with Crippen LogP contribution >= 0.6 is 0 Å². The molecular formula is C17H32N2O3. The Kier molecular flexibility index (Phi) is 5.74. The van der Waals surface area contributed by atoms with Crippen LogP contribution in [0, 0.1) is 0 Å². The molecule has 2 atom stereocenters. The van der Waals surface area contributed by atoms with Crippen molar-refractivity contribution in [3.8, 4) is 0 Å². The second kappa shape index (κ2) is 7.58. The highest BCUT2D eigenvalue weighted by molar-refractivity contribution is 5.04. The molecule has 22 heavy (non-hydrogen) atoms. The highest BCUT2D eigenvalue weighted by atomic mass is 16.5. The van der Waals surface area contributed by atoms with Crippen molar-refractivity contribution >= 4 is 0 Å². The van der Waals surface area contributed by atoms with E-state index in [0.29, 0.717) is 12.2 Å². The largest absolute Gasteiger partial charge is 0.379 e. The lowest BCUT2D eigenvalue weighted by Crippen LogP contribution is -2.43. The third-order valence-electron chi connectivity index (χ3n) is 5.32. The zero-order valence-corrected chi connectivity index (χ0v) is 14.3. The van der Waals surface area contributed by atoms with E-state index >= 15 is 0 Å². The van der Waals surface area contributed by atoms with Crippen LogP contribution in [0.25, 0.3) is 0 Å². The maximum absolute atomic E-state index is 6.19. The molecule has 5 heteroatoms. The Balaban J connectivity index is 1.42. The normalized spacial score (nSPS) is 33.7. The summed E-state index contributed by atoms with van der Waals surface area (Å²) in [5.41, 5.74) is 0.258. The maximum atomic E-state index is 6.19. The molecule has 0 aromatic heterocycles. The van der Waals surface area contributed by atoms with Crippen LogP contribution in [-0.2, 0) is 14.2 Å². The van der Waals surface area contributed by atoms with Crippen LogP contribution in [0.3, 0.4) is 0 Å². The summed E-state index contributed by atoms with van der Waals surface area (Å²) in [7, 11) is 0. The average Bonchev–Trinajstić information content (AvgIpc) is 3.03. The molecule has 128 valence electrons. The zero-order chi connectivity index (χ0) is 15.4. The van der Waals surface area contributed by atoms with Crippen molar-refractivity contribution in [3.63, 3.8) is 0 Å². The van der Waals surface area contributed by atoms with Gasteiger partial charge in [-0.15, -0.1) is 0 Å². The Morgan fingerprint density at radius 3 is 2.82 bits per heavy atom. The fourth-order valence-corrected chi connectivity index (χ4v) is 4.07. The fourth-order valence-electron chi connectivity index (χ4n) is 4.07. The molecule has 0 spiro atoms. The van der Waals surface area contributed by atoms with Gasteiger partial charge >= 0.3 is 0 Å². The molecule has 3 aliphatic heterocycles. The second-order valence-corrected chi connectivity index (χ2v) is 7.28. The van der Waals surface area contributed by atoms with E-state index in [1.54, 1.807) is 0 Å². The highest BCUT2D eigenvalue weighted by Gasteiger charge is 2.49. The summed E-state index contributed by atoms with van der Waals surface area (Å²) in [6.07, 6.45) is 4.42. The van der Waals surface area contributed by atoms with Crippen molar-refractivity contribution in [2.75, 3.05) is 59.2 Å². The summed E-state index contributed by atoms with van der Waals surface area (Å²) >= 11 is 0. The van der Waals surface area contributed by atoms with Gasteiger partial charge in [0.25, 0.3) is 0 Å². The number of hydrogen-bond donors (Lipinski definition) is 0. The van der Waals surface area contributed by atoms with Crippen molar-refractivity contribution in [3.05, 3.63) is 0 Å². The third kappa shape index (κ3) is 4.01. The third-order valence-corrected chi connectivity index (χ3v) is 5.32. The molecule has 0 radical (unpaired) electrons. The second-order valence-electron chi connectivity index (χ2n) is 7.28. The SMILES string of the molecule is CC(C)OCC12CCCN1C[C@H](OCCN1CCOCC1)C2. The van der Waals surface area contributed by atoms with E-state index in [4.69, 9.17) is 14.2 Å². The Morgan fingerprint density at radius 1 is 1.23 bits per heavy atom. The Hall–Kier alpha value is -0.200. The van der Waals surface area contributed by atoms with Gasteiger partial charge in [0.15, 0.2) is 0 Å². The molecule has 3 fully saturated rings. The van der Waals surface area contributed by atoms with Crippen LogP contribution in [-0.4, -0.2) is 86.7 Å². The van der Waals surface area contributed by atoms with E-state index in [-0.39, 0.29) is 5.54 Å². The van der Waals surface area contributed by atoms with E-state index in [1.165, 1.54) is 19.4 Å². The van der Waals surface area contributed by atoms with E-state index < -0.39 is 0 Å². The van der Waals surface area contributed by atoms with Crippen LogP contribution in [0.1, 0.15) is 33.1 Å². The van der Waals surface area contributed by atoms with Gasteiger partial charge in [0.2, 0.25) is 0 Å². The molecule has 0 saturated carbocycles. The number of morpholine rings is 1. The molecular weight excluding hydrogens is 280 g/mol. The lowest BCUT2D eigenvalue weighted by Gasteiger charge is -2.32. The van der Waals surface area contributed by atoms with E-state index in [2.05, 4.69) is 23.6 Å². The minimum Gasteiger partial charge on any atom is -0.379 e. The van der Waals surface area contributed by atoms with Crippen LogP contribution < -0.4 is 0 Å². The topological polar surface area (TPSA) is 34.2 Å². The predicted octanol–water partition coefficient (Wildman–Crippen LogP) is 1.37. The summed E-state index contributed by atoms with van der Waals surface area (Å²) in [5.74, 6) is 0. The van der Waals surface area contributed by atoms with E-state index in [1.807, 2.05) is 0 Å². The minimum atomic E-state index is 0.258. The highest BCUT2D eigenvalue weighted by Crippen LogP contribution is 2.40. The molecule has 3 aliphatic rings. The van der Waals surface area contributed by atoms with Gasteiger partial charge in [-0.3, -0.25) is 9.80 Å². The van der Waals surface area contributed by atoms with Gasteiger partial charge in [-0.05, 0) is 39.7 Å². The number of ether oxygens (including phenoxy) is 3. The molecule has 0 N–H and O–H groups in total. The first-order valence-electron chi connectivity index (χ1n) is 8.96. The summed E-state index contributed by atoms with van der Waals surface area (Å²) < 4.78 is 17.5. The predicted molar refractivity (Wildman–Crippen MR) is 86.2 cm³/mol. The van der Waals surface area contributed by atoms with Gasteiger partial charge in [-0.25, -0.2) is 0 Å². The van der Waals surface area contributed by atoms with Crippen molar-refractivity contribution in [1.82, 2.24) is 9.80 Å². The number of hydrogen-bond acceptors (Lipinski definition) is 5.